The Morgan fingerprint density at radius 3 is 2.57 bits per heavy atom. The molecule has 0 saturated heterocycles. The van der Waals surface area contributed by atoms with Gasteiger partial charge in [0.15, 0.2) is 0 Å². The first-order valence-corrected chi connectivity index (χ1v) is 2.37. The maximum atomic E-state index is 9.67. The Kier molecular flexibility index (Phi) is 3.39. The SMILES string of the molecule is C=C(C#[O+])CCC. The third kappa shape index (κ3) is 3.31. The average molecular weight is 97.1 g/mol. The van der Waals surface area contributed by atoms with Crippen molar-refractivity contribution in [3.8, 4) is 6.15 Å². The second-order valence-corrected chi connectivity index (χ2v) is 1.46. The van der Waals surface area contributed by atoms with E-state index in [4.69, 9.17) is 0 Å². The van der Waals surface area contributed by atoms with E-state index in [0.29, 0.717) is 5.57 Å². The number of hydrogen-bond acceptors (Lipinski definition) is 0. The standard InChI is InChI=1S/C6H9O/c1-3-4-6(2)5-7/h2-4H2,1H3/q+1. The summed E-state index contributed by atoms with van der Waals surface area (Å²) in [5.74, 6) is 0. The summed E-state index contributed by atoms with van der Waals surface area (Å²) in [4.78, 5) is 0. The molecule has 0 heterocycles. The Morgan fingerprint density at radius 1 is 1.86 bits per heavy atom. The van der Waals surface area contributed by atoms with Gasteiger partial charge >= 0.3 is 42.7 Å². The zero-order valence-electron chi connectivity index (χ0n) is 4.53. The van der Waals surface area contributed by atoms with Crippen molar-refractivity contribution >= 4 is 0 Å². The Bertz CT molecular complexity index is 97.2. The molecule has 0 rings (SSSR count). The zero-order valence-corrected chi connectivity index (χ0v) is 4.53. The van der Waals surface area contributed by atoms with Gasteiger partial charge in [0.25, 0.3) is 0 Å². The molecule has 1 nitrogen and oxygen atoms in total. The molecule has 1 heteroatoms. The molecule has 38 valence electrons. The molecular weight excluding hydrogens is 88.1 g/mol. The summed E-state index contributed by atoms with van der Waals surface area (Å²) >= 11 is 0. The minimum absolute atomic E-state index is 0.572. The summed E-state index contributed by atoms with van der Waals surface area (Å²) in [5, 5.41) is 0. The molecule has 0 N–H and O–H groups in total. The van der Waals surface area contributed by atoms with Gasteiger partial charge in [-0.1, -0.05) is 0 Å². The van der Waals surface area contributed by atoms with Crippen LogP contribution in [-0.2, 0) is 4.65 Å². The van der Waals surface area contributed by atoms with E-state index in [2.05, 4.69) is 6.58 Å². The normalized spacial score (nSPS) is 7.43. The van der Waals surface area contributed by atoms with Crippen molar-refractivity contribution in [2.24, 2.45) is 0 Å². The van der Waals surface area contributed by atoms with Gasteiger partial charge in [-0.3, -0.25) is 0 Å². The fraction of sp³-hybridized carbons (Fsp3) is 0.500. The summed E-state index contributed by atoms with van der Waals surface area (Å²) in [6.07, 6.45) is 3.48. The Hall–Kier alpha value is -0.520. The van der Waals surface area contributed by atoms with Crippen LogP contribution in [-0.4, -0.2) is 0 Å². The Balaban J connectivity index is 3.24. The molecule has 0 aliphatic carbocycles. The van der Waals surface area contributed by atoms with Crippen LogP contribution >= 0.6 is 0 Å². The second-order valence-electron chi connectivity index (χ2n) is 1.46. The molecule has 0 fully saturated rings. The van der Waals surface area contributed by atoms with Gasteiger partial charge in [-0.2, -0.15) is 0 Å². The maximum absolute atomic E-state index is 9.67. The summed E-state index contributed by atoms with van der Waals surface area (Å²) in [5.41, 5.74) is 0.572. The van der Waals surface area contributed by atoms with Crippen molar-refractivity contribution in [2.75, 3.05) is 0 Å². The molecule has 0 aromatic carbocycles. The fourth-order valence-corrected chi connectivity index (χ4v) is 0.353. The van der Waals surface area contributed by atoms with Gasteiger partial charge < -0.3 is 0 Å². The van der Waals surface area contributed by atoms with Crippen molar-refractivity contribution < 1.29 is 4.65 Å². The topological polar surface area (TPSA) is 19.9 Å². The van der Waals surface area contributed by atoms with E-state index >= 15 is 0 Å². The summed E-state index contributed by atoms with van der Waals surface area (Å²) < 4.78 is 9.67. The minimum atomic E-state index is 0.572. The van der Waals surface area contributed by atoms with Crippen molar-refractivity contribution in [1.82, 2.24) is 0 Å². The monoisotopic (exact) mass is 97.1 g/mol. The van der Waals surface area contributed by atoms with Crippen LogP contribution in [0.15, 0.2) is 12.2 Å². The predicted molar refractivity (Wildman–Crippen MR) is 28.6 cm³/mol. The Morgan fingerprint density at radius 2 is 2.43 bits per heavy atom. The zero-order chi connectivity index (χ0) is 5.70. The number of hydrogen-bond donors (Lipinski definition) is 0. The second kappa shape index (κ2) is 3.66. The first-order chi connectivity index (χ1) is 3.31. The predicted octanol–water partition coefficient (Wildman–Crippen LogP) is 1.73. The van der Waals surface area contributed by atoms with Gasteiger partial charge in [0, 0.05) is 0 Å². The van der Waals surface area contributed by atoms with E-state index in [0.717, 1.165) is 12.8 Å². The third-order valence-corrected chi connectivity index (χ3v) is 0.696. The first kappa shape index (κ1) is 6.48. The van der Waals surface area contributed by atoms with Crippen molar-refractivity contribution in [1.29, 1.82) is 0 Å². The molecule has 0 saturated carbocycles. The Labute approximate surface area is 43.8 Å². The van der Waals surface area contributed by atoms with Gasteiger partial charge in [-0.05, 0) is 0 Å². The van der Waals surface area contributed by atoms with E-state index in [1.165, 1.54) is 0 Å². The molecule has 0 aliphatic rings. The number of allylic oxidation sites excluding steroid dienone is 1. The van der Waals surface area contributed by atoms with Crippen molar-refractivity contribution in [2.45, 2.75) is 19.8 Å². The van der Waals surface area contributed by atoms with Crippen LogP contribution in [0.2, 0.25) is 0 Å². The molecule has 0 aromatic heterocycles. The van der Waals surface area contributed by atoms with Crippen LogP contribution in [0.25, 0.3) is 0 Å². The van der Waals surface area contributed by atoms with E-state index < -0.39 is 0 Å². The van der Waals surface area contributed by atoms with Crippen LogP contribution in [0.5, 0.6) is 0 Å². The van der Waals surface area contributed by atoms with Gasteiger partial charge in [-0.15, -0.1) is 0 Å². The van der Waals surface area contributed by atoms with Crippen LogP contribution in [0, 0.1) is 6.15 Å². The molecule has 7 heavy (non-hydrogen) atoms. The molecule has 0 aliphatic heterocycles. The third-order valence-electron chi connectivity index (χ3n) is 0.696. The molecule has 0 amide bonds. The molecular formula is C6H9O+. The molecule has 0 unspecified atom stereocenters. The first-order valence-electron chi connectivity index (χ1n) is 2.37. The van der Waals surface area contributed by atoms with E-state index in [1.807, 2.05) is 6.92 Å². The molecule has 0 radical (unpaired) electrons. The van der Waals surface area contributed by atoms with Crippen LogP contribution in [0.4, 0.5) is 0 Å². The number of rotatable bonds is 2. The van der Waals surface area contributed by atoms with E-state index in [1.54, 1.807) is 6.15 Å². The van der Waals surface area contributed by atoms with Gasteiger partial charge in [0.2, 0.25) is 0 Å². The van der Waals surface area contributed by atoms with Crippen LogP contribution in [0.1, 0.15) is 19.8 Å². The quantitative estimate of drug-likeness (QED) is 0.468. The molecule has 0 atom stereocenters. The van der Waals surface area contributed by atoms with E-state index in [9.17, 15) is 4.65 Å². The van der Waals surface area contributed by atoms with Gasteiger partial charge in [0.05, 0.1) is 0 Å². The molecule has 0 aromatic rings. The fourth-order valence-electron chi connectivity index (χ4n) is 0.353. The summed E-state index contributed by atoms with van der Waals surface area (Å²) in [6, 6.07) is 0. The average Bonchev–Trinajstić information content (AvgIpc) is 1.68. The summed E-state index contributed by atoms with van der Waals surface area (Å²) in [6.45, 7) is 5.44. The van der Waals surface area contributed by atoms with E-state index in [-0.39, 0.29) is 0 Å². The van der Waals surface area contributed by atoms with Crippen molar-refractivity contribution in [3.05, 3.63) is 12.2 Å². The summed E-state index contributed by atoms with van der Waals surface area (Å²) in [7, 11) is 0. The van der Waals surface area contributed by atoms with Crippen molar-refractivity contribution in [3.63, 3.8) is 0 Å². The van der Waals surface area contributed by atoms with Crippen LogP contribution in [0.3, 0.4) is 0 Å². The van der Waals surface area contributed by atoms with Gasteiger partial charge in [-0.25, -0.2) is 0 Å². The van der Waals surface area contributed by atoms with Gasteiger partial charge in [0.1, 0.15) is 0 Å². The van der Waals surface area contributed by atoms with Crippen LogP contribution < -0.4 is 0 Å². The molecule has 0 bridgehead atoms. The molecule has 0 spiro atoms.